The molecule has 4 nitrogen and oxygen atoms in total. The number of thiazole rings is 1. The molecule has 2 fully saturated rings. The van der Waals surface area contributed by atoms with Crippen LogP contribution >= 0.6 is 11.3 Å². The number of likely N-dealkylation sites (tertiary alicyclic amines) is 1. The first-order valence-electron chi connectivity index (χ1n) is 6.69. The summed E-state index contributed by atoms with van der Waals surface area (Å²) in [7, 11) is 0. The lowest BCUT2D eigenvalue weighted by Gasteiger charge is -2.23. The summed E-state index contributed by atoms with van der Waals surface area (Å²) in [6.07, 6.45) is 4.85. The molecular weight excluding hydrogens is 246 g/mol. The normalized spacial score (nSPS) is 24.9. The van der Waals surface area contributed by atoms with Gasteiger partial charge in [0, 0.05) is 19.1 Å². The van der Waals surface area contributed by atoms with Gasteiger partial charge in [0.2, 0.25) is 0 Å². The fourth-order valence-electron chi connectivity index (χ4n) is 2.96. The third-order valence-electron chi connectivity index (χ3n) is 4.02. The zero-order valence-electron chi connectivity index (χ0n) is 10.8. The zero-order chi connectivity index (χ0) is 12.5. The van der Waals surface area contributed by atoms with Gasteiger partial charge in [-0.1, -0.05) is 11.3 Å². The van der Waals surface area contributed by atoms with Crippen LogP contribution in [-0.2, 0) is 0 Å². The molecule has 0 N–H and O–H groups in total. The Morgan fingerprint density at radius 3 is 2.78 bits per heavy atom. The van der Waals surface area contributed by atoms with E-state index in [1.807, 2.05) is 6.92 Å². The Morgan fingerprint density at radius 1 is 1.33 bits per heavy atom. The van der Waals surface area contributed by atoms with Crippen molar-refractivity contribution in [2.45, 2.75) is 32.2 Å². The highest BCUT2D eigenvalue weighted by Crippen LogP contribution is 2.29. The molecule has 5 heteroatoms. The summed E-state index contributed by atoms with van der Waals surface area (Å²) in [6.45, 7) is 6.58. The van der Waals surface area contributed by atoms with Gasteiger partial charge in [-0.25, -0.2) is 4.98 Å². The van der Waals surface area contributed by atoms with E-state index >= 15 is 0 Å². The number of anilines is 1. The molecule has 0 amide bonds. The Labute approximate surface area is 112 Å². The molecule has 3 heterocycles. The van der Waals surface area contributed by atoms with Gasteiger partial charge in [-0.3, -0.25) is 9.69 Å². The summed E-state index contributed by atoms with van der Waals surface area (Å²) in [4.78, 5) is 21.1. The molecule has 1 atom stereocenters. The zero-order valence-corrected chi connectivity index (χ0v) is 11.6. The van der Waals surface area contributed by atoms with Gasteiger partial charge in [0.05, 0.1) is 10.6 Å². The molecular formula is C13H19N3OS. The van der Waals surface area contributed by atoms with Gasteiger partial charge in [-0.15, -0.1) is 0 Å². The average Bonchev–Trinajstić information content (AvgIpc) is 3.08. The van der Waals surface area contributed by atoms with E-state index in [0.29, 0.717) is 6.04 Å². The number of aldehydes is 1. The minimum atomic E-state index is 0.691. The maximum Gasteiger partial charge on any atom is 0.186 e. The molecule has 1 aromatic rings. The van der Waals surface area contributed by atoms with E-state index in [0.717, 1.165) is 35.1 Å². The topological polar surface area (TPSA) is 36.4 Å². The van der Waals surface area contributed by atoms with Crippen LogP contribution in [0.4, 0.5) is 5.13 Å². The van der Waals surface area contributed by atoms with Gasteiger partial charge >= 0.3 is 0 Å². The number of carbonyl (C=O) groups is 1. The molecule has 1 unspecified atom stereocenters. The van der Waals surface area contributed by atoms with E-state index in [1.165, 1.54) is 43.7 Å². The summed E-state index contributed by atoms with van der Waals surface area (Å²) in [6, 6.07) is 0.691. The molecule has 0 bridgehead atoms. The van der Waals surface area contributed by atoms with Crippen molar-refractivity contribution in [2.75, 3.05) is 31.1 Å². The Bertz CT molecular complexity index is 439. The van der Waals surface area contributed by atoms with E-state index in [2.05, 4.69) is 14.8 Å². The van der Waals surface area contributed by atoms with Crippen molar-refractivity contribution in [3.63, 3.8) is 0 Å². The molecule has 0 saturated carbocycles. The highest BCUT2D eigenvalue weighted by Gasteiger charge is 2.30. The molecule has 2 saturated heterocycles. The van der Waals surface area contributed by atoms with Gasteiger partial charge in [0.25, 0.3) is 0 Å². The van der Waals surface area contributed by atoms with Crippen molar-refractivity contribution in [3.05, 3.63) is 10.6 Å². The first-order valence-corrected chi connectivity index (χ1v) is 7.51. The van der Waals surface area contributed by atoms with Crippen LogP contribution in [0, 0.1) is 6.92 Å². The summed E-state index contributed by atoms with van der Waals surface area (Å²) in [5.41, 5.74) is 0.870. The summed E-state index contributed by atoms with van der Waals surface area (Å²) in [5, 5.41) is 1.02. The van der Waals surface area contributed by atoms with Crippen molar-refractivity contribution >= 4 is 22.8 Å². The molecule has 3 rings (SSSR count). The summed E-state index contributed by atoms with van der Waals surface area (Å²) >= 11 is 1.53. The maximum absolute atomic E-state index is 10.9. The summed E-state index contributed by atoms with van der Waals surface area (Å²) < 4.78 is 0. The van der Waals surface area contributed by atoms with Crippen LogP contribution in [0.3, 0.4) is 0 Å². The van der Waals surface area contributed by atoms with Crippen molar-refractivity contribution in [1.29, 1.82) is 0 Å². The van der Waals surface area contributed by atoms with Crippen molar-refractivity contribution in [3.8, 4) is 0 Å². The van der Waals surface area contributed by atoms with Crippen molar-refractivity contribution in [2.24, 2.45) is 0 Å². The van der Waals surface area contributed by atoms with E-state index in [4.69, 9.17) is 0 Å². The minimum absolute atomic E-state index is 0.691. The number of carbonyl (C=O) groups excluding carboxylic acids is 1. The van der Waals surface area contributed by atoms with E-state index in [1.54, 1.807) is 0 Å². The third kappa shape index (κ3) is 2.17. The minimum Gasteiger partial charge on any atom is -0.346 e. The predicted molar refractivity (Wildman–Crippen MR) is 73.7 cm³/mol. The molecule has 0 spiro atoms. The molecule has 2 aliphatic rings. The smallest absolute Gasteiger partial charge is 0.186 e. The van der Waals surface area contributed by atoms with Crippen LogP contribution in [0.25, 0.3) is 0 Å². The first kappa shape index (κ1) is 12.1. The molecule has 2 aliphatic heterocycles. The van der Waals surface area contributed by atoms with Crippen LogP contribution < -0.4 is 4.90 Å². The number of hydrogen-bond donors (Lipinski definition) is 0. The predicted octanol–water partition coefficient (Wildman–Crippen LogP) is 1.94. The summed E-state index contributed by atoms with van der Waals surface area (Å²) in [5.74, 6) is 0. The number of rotatable bonds is 3. The lowest BCUT2D eigenvalue weighted by atomic mass is 10.2. The van der Waals surface area contributed by atoms with Crippen LogP contribution in [0.1, 0.15) is 34.6 Å². The van der Waals surface area contributed by atoms with Crippen molar-refractivity contribution in [1.82, 2.24) is 9.88 Å². The number of nitrogens with zero attached hydrogens (tertiary/aromatic N) is 3. The van der Waals surface area contributed by atoms with E-state index < -0.39 is 0 Å². The highest BCUT2D eigenvalue weighted by molar-refractivity contribution is 7.17. The Morgan fingerprint density at radius 2 is 2.11 bits per heavy atom. The lowest BCUT2D eigenvalue weighted by molar-refractivity contribution is 0.112. The number of hydrogen-bond acceptors (Lipinski definition) is 5. The second-order valence-corrected chi connectivity index (χ2v) is 6.20. The van der Waals surface area contributed by atoms with Crippen molar-refractivity contribution < 1.29 is 4.79 Å². The molecule has 0 aliphatic carbocycles. The Hall–Kier alpha value is -0.940. The Balaban J connectivity index is 1.68. The SMILES string of the molecule is Cc1nc(N2CCC(N3CCCC3)C2)sc1C=O. The van der Waals surface area contributed by atoms with Gasteiger partial charge in [0.15, 0.2) is 11.4 Å². The Kier molecular flexibility index (Phi) is 3.35. The molecule has 1 aromatic heterocycles. The standard InChI is InChI=1S/C13H19N3OS/c1-10-12(9-17)18-13(14-10)16-7-4-11(8-16)15-5-2-3-6-15/h9,11H,2-8H2,1H3. The fourth-order valence-corrected chi connectivity index (χ4v) is 3.87. The number of aryl methyl sites for hydroxylation is 1. The first-order chi connectivity index (χ1) is 8.78. The van der Waals surface area contributed by atoms with E-state index in [-0.39, 0.29) is 0 Å². The molecule has 18 heavy (non-hydrogen) atoms. The fraction of sp³-hybridized carbons (Fsp3) is 0.692. The van der Waals surface area contributed by atoms with Gasteiger partial charge in [-0.05, 0) is 39.3 Å². The quantitative estimate of drug-likeness (QED) is 0.783. The maximum atomic E-state index is 10.9. The number of aromatic nitrogens is 1. The molecule has 98 valence electrons. The van der Waals surface area contributed by atoms with Crippen LogP contribution in [0.5, 0.6) is 0 Å². The molecule has 0 aromatic carbocycles. The van der Waals surface area contributed by atoms with Gasteiger partial charge < -0.3 is 4.90 Å². The van der Waals surface area contributed by atoms with Crippen LogP contribution in [0.15, 0.2) is 0 Å². The third-order valence-corrected chi connectivity index (χ3v) is 5.16. The van der Waals surface area contributed by atoms with E-state index in [9.17, 15) is 4.79 Å². The highest BCUT2D eigenvalue weighted by atomic mass is 32.1. The largest absolute Gasteiger partial charge is 0.346 e. The lowest BCUT2D eigenvalue weighted by Crippen LogP contribution is -2.35. The average molecular weight is 265 g/mol. The van der Waals surface area contributed by atoms with Gasteiger partial charge in [0.1, 0.15) is 0 Å². The second kappa shape index (κ2) is 4.97. The van der Waals surface area contributed by atoms with Crippen LogP contribution in [0.2, 0.25) is 0 Å². The molecule has 0 radical (unpaired) electrons. The van der Waals surface area contributed by atoms with Crippen LogP contribution in [-0.4, -0.2) is 48.4 Å². The second-order valence-electron chi connectivity index (χ2n) is 5.20. The monoisotopic (exact) mass is 265 g/mol. The van der Waals surface area contributed by atoms with Gasteiger partial charge in [-0.2, -0.15) is 0 Å².